The number of hydrogen-bond acceptors (Lipinski definition) is 8. The van der Waals surface area contributed by atoms with Gasteiger partial charge in [-0.1, -0.05) is 18.7 Å². The van der Waals surface area contributed by atoms with Crippen molar-refractivity contribution >= 4 is 33.2 Å². The monoisotopic (exact) mass is 726 g/mol. The summed E-state index contributed by atoms with van der Waals surface area (Å²) in [4.78, 5) is 35.9. The van der Waals surface area contributed by atoms with E-state index in [1.165, 1.54) is 29.9 Å². The standard InChI is InChI=1S/C39H40F2N6O4S/c1-6-33(49)46-12-13-47-31(23(46)3)18-30(43-47)38-36(35-29(41)16-27(40)17-32(35)51-21-22(2)48)39-28(10-14-52-39)37(42-38)25-8-7-24-9-11-45(19-26(24)15-25)20-34(50)44(4)5/h6-8,10,14-18,22-23,48H,1,9,11-13,19-21H2,2-5H3/t22?,23-/m1/s1. The van der Waals surface area contributed by atoms with Crippen LogP contribution in [0.3, 0.4) is 0 Å². The van der Waals surface area contributed by atoms with E-state index in [9.17, 15) is 19.1 Å². The lowest BCUT2D eigenvalue weighted by Gasteiger charge is -2.33. The first-order valence-electron chi connectivity index (χ1n) is 17.2. The molecule has 2 aliphatic rings. The molecule has 2 amide bonds. The molecule has 10 nitrogen and oxygen atoms in total. The summed E-state index contributed by atoms with van der Waals surface area (Å²) in [5, 5.41) is 17.6. The topological polar surface area (TPSA) is 104 Å². The SMILES string of the molecule is C=CC(=O)N1CCn2nc(-c3nc(-c4ccc5c(c4)CN(CC(=O)N(C)C)CC5)c4ccsc4c3-c3c(F)cc(F)cc3OCC(C)O)cc2[C@H]1C. The van der Waals surface area contributed by atoms with E-state index in [-0.39, 0.29) is 35.8 Å². The zero-order valence-electron chi connectivity index (χ0n) is 29.5. The maximum atomic E-state index is 16.2. The van der Waals surface area contributed by atoms with Crippen molar-refractivity contribution in [2.75, 3.05) is 40.3 Å². The van der Waals surface area contributed by atoms with Crippen molar-refractivity contribution in [3.8, 4) is 39.5 Å². The number of carbonyl (C=O) groups is 2. The Balaban J connectivity index is 1.43. The molecule has 2 atom stereocenters. The van der Waals surface area contributed by atoms with E-state index < -0.39 is 17.7 Å². The summed E-state index contributed by atoms with van der Waals surface area (Å²) >= 11 is 1.40. The lowest BCUT2D eigenvalue weighted by Crippen LogP contribution is -2.40. The van der Waals surface area contributed by atoms with Crippen LogP contribution in [0.4, 0.5) is 8.78 Å². The highest BCUT2D eigenvalue weighted by Gasteiger charge is 2.32. The van der Waals surface area contributed by atoms with Crippen LogP contribution in [0, 0.1) is 11.6 Å². The van der Waals surface area contributed by atoms with Gasteiger partial charge in [-0.3, -0.25) is 19.2 Å². The van der Waals surface area contributed by atoms with Crippen LogP contribution < -0.4 is 4.74 Å². The van der Waals surface area contributed by atoms with Gasteiger partial charge in [0.05, 0.1) is 42.2 Å². The molecule has 0 saturated carbocycles. The Morgan fingerprint density at radius 1 is 1.10 bits per heavy atom. The Kier molecular flexibility index (Phi) is 9.68. The highest BCUT2D eigenvalue weighted by molar-refractivity contribution is 7.18. The van der Waals surface area contributed by atoms with Crippen molar-refractivity contribution < 1.29 is 28.2 Å². The lowest BCUT2D eigenvalue weighted by atomic mass is 9.93. The van der Waals surface area contributed by atoms with E-state index in [1.807, 2.05) is 35.2 Å². The highest BCUT2D eigenvalue weighted by Crippen LogP contribution is 2.47. The van der Waals surface area contributed by atoms with Gasteiger partial charge < -0.3 is 19.6 Å². The second-order valence-electron chi connectivity index (χ2n) is 13.6. The van der Waals surface area contributed by atoms with Gasteiger partial charge in [0.1, 0.15) is 35.4 Å². The van der Waals surface area contributed by atoms with Crippen LogP contribution in [-0.4, -0.2) is 92.8 Å². The van der Waals surface area contributed by atoms with Gasteiger partial charge in [-0.2, -0.15) is 5.10 Å². The zero-order valence-corrected chi connectivity index (χ0v) is 30.3. The maximum Gasteiger partial charge on any atom is 0.246 e. The number of pyridine rings is 1. The molecule has 7 rings (SSSR count). The molecule has 0 spiro atoms. The molecule has 2 aliphatic heterocycles. The van der Waals surface area contributed by atoms with Crippen LogP contribution in [0.15, 0.2) is 60.5 Å². The molecule has 5 heterocycles. The van der Waals surface area contributed by atoms with Gasteiger partial charge in [0.25, 0.3) is 0 Å². The normalized spacial score (nSPS) is 16.4. The Morgan fingerprint density at radius 2 is 1.90 bits per heavy atom. The molecule has 3 aromatic heterocycles. The van der Waals surface area contributed by atoms with Gasteiger partial charge in [-0.15, -0.1) is 11.3 Å². The average molecular weight is 727 g/mol. The highest BCUT2D eigenvalue weighted by atomic mass is 32.1. The summed E-state index contributed by atoms with van der Waals surface area (Å²) in [6.45, 7) is 9.51. The fourth-order valence-electron chi connectivity index (χ4n) is 7.05. The molecule has 2 aromatic carbocycles. The molecule has 52 heavy (non-hydrogen) atoms. The molecular formula is C39H40F2N6O4S. The van der Waals surface area contributed by atoms with E-state index in [4.69, 9.17) is 14.8 Å². The summed E-state index contributed by atoms with van der Waals surface area (Å²) in [5.74, 6) is -1.87. The van der Waals surface area contributed by atoms with Crippen molar-refractivity contribution in [1.29, 1.82) is 0 Å². The third kappa shape index (κ3) is 6.59. The molecule has 0 radical (unpaired) electrons. The second kappa shape index (κ2) is 14.2. The minimum Gasteiger partial charge on any atom is -0.490 e. The molecule has 13 heteroatoms. The van der Waals surface area contributed by atoms with Gasteiger partial charge in [0.15, 0.2) is 0 Å². The maximum absolute atomic E-state index is 16.2. The predicted molar refractivity (Wildman–Crippen MR) is 197 cm³/mol. The largest absolute Gasteiger partial charge is 0.490 e. The van der Waals surface area contributed by atoms with Crippen LogP contribution >= 0.6 is 11.3 Å². The smallest absolute Gasteiger partial charge is 0.246 e. The van der Waals surface area contributed by atoms with Gasteiger partial charge >= 0.3 is 0 Å². The van der Waals surface area contributed by atoms with Crippen LogP contribution in [0.25, 0.3) is 43.9 Å². The summed E-state index contributed by atoms with van der Waals surface area (Å²) in [6.07, 6.45) is 1.22. The van der Waals surface area contributed by atoms with Crippen molar-refractivity contribution in [2.24, 2.45) is 0 Å². The van der Waals surface area contributed by atoms with Crippen molar-refractivity contribution in [3.05, 3.63) is 89.0 Å². The molecule has 0 saturated heterocycles. The molecule has 5 aromatic rings. The Hall–Kier alpha value is -4.98. The quantitative estimate of drug-likeness (QED) is 0.184. The number of rotatable bonds is 9. The fraction of sp³-hybridized carbons (Fsp3) is 0.333. The Labute approximate surface area is 304 Å². The van der Waals surface area contributed by atoms with Gasteiger partial charge in [0, 0.05) is 67.1 Å². The van der Waals surface area contributed by atoms with E-state index in [0.717, 1.165) is 47.3 Å². The number of halogens is 2. The van der Waals surface area contributed by atoms with Crippen LogP contribution in [0.2, 0.25) is 0 Å². The first-order chi connectivity index (χ1) is 24.9. The molecule has 0 bridgehead atoms. The third-order valence-corrected chi connectivity index (χ3v) is 10.7. The fourth-order valence-corrected chi connectivity index (χ4v) is 7.99. The number of aliphatic hydroxyl groups excluding tert-OH is 1. The molecule has 0 aliphatic carbocycles. The molecular weight excluding hydrogens is 687 g/mol. The van der Waals surface area contributed by atoms with Gasteiger partial charge in [-0.05, 0) is 61.1 Å². The van der Waals surface area contributed by atoms with Crippen molar-refractivity contribution in [1.82, 2.24) is 29.5 Å². The van der Waals surface area contributed by atoms with Crippen LogP contribution in [0.5, 0.6) is 5.75 Å². The van der Waals surface area contributed by atoms with Crippen LogP contribution in [0.1, 0.15) is 36.7 Å². The van der Waals surface area contributed by atoms with Gasteiger partial charge in [0.2, 0.25) is 11.8 Å². The summed E-state index contributed by atoms with van der Waals surface area (Å²) in [7, 11) is 3.51. The van der Waals surface area contributed by atoms with Crippen LogP contribution in [-0.2, 0) is 29.1 Å². The van der Waals surface area contributed by atoms with E-state index >= 15 is 4.39 Å². The number of ether oxygens (including phenoxy) is 1. The number of benzene rings is 2. The first kappa shape index (κ1) is 35.4. The number of fused-ring (bicyclic) bond motifs is 3. The summed E-state index contributed by atoms with van der Waals surface area (Å²) in [6, 6.07) is 11.7. The Morgan fingerprint density at radius 3 is 2.65 bits per heavy atom. The number of carbonyl (C=O) groups excluding carboxylic acids is 2. The zero-order chi connectivity index (χ0) is 36.8. The summed E-state index contributed by atoms with van der Waals surface area (Å²) in [5.41, 5.74) is 5.82. The minimum absolute atomic E-state index is 0.0117. The van der Waals surface area contributed by atoms with Gasteiger partial charge in [-0.25, -0.2) is 13.8 Å². The minimum atomic E-state index is -0.885. The number of amides is 2. The van der Waals surface area contributed by atoms with E-state index in [2.05, 4.69) is 23.6 Å². The van der Waals surface area contributed by atoms with E-state index in [1.54, 1.807) is 23.9 Å². The number of aromatic nitrogens is 3. The summed E-state index contributed by atoms with van der Waals surface area (Å²) < 4.78 is 39.3. The third-order valence-electron chi connectivity index (χ3n) is 9.75. The van der Waals surface area contributed by atoms with Crippen molar-refractivity contribution in [3.63, 3.8) is 0 Å². The number of aliphatic hydroxyl groups is 1. The average Bonchev–Trinajstić information content (AvgIpc) is 3.78. The predicted octanol–water partition coefficient (Wildman–Crippen LogP) is 6.07. The molecule has 1 unspecified atom stereocenters. The molecule has 0 fully saturated rings. The first-order valence-corrected chi connectivity index (χ1v) is 18.1. The number of thiophene rings is 1. The number of hydrogen-bond donors (Lipinski definition) is 1. The van der Waals surface area contributed by atoms with E-state index in [0.29, 0.717) is 53.5 Å². The van der Waals surface area contributed by atoms with Crippen molar-refractivity contribution in [2.45, 2.75) is 45.5 Å². The number of likely N-dealkylation sites (N-methyl/N-ethyl adjacent to an activating group) is 1. The lowest BCUT2D eigenvalue weighted by molar-refractivity contribution is -0.130. The molecule has 1 N–H and O–H groups in total. The second-order valence-corrected chi connectivity index (χ2v) is 14.5. The number of nitrogens with zero attached hydrogens (tertiary/aromatic N) is 6. The Bertz CT molecular complexity index is 2210. The molecule has 270 valence electrons.